The minimum atomic E-state index is -1.20. The van der Waals surface area contributed by atoms with Crippen LogP contribution in [0.1, 0.15) is 38.3 Å². The summed E-state index contributed by atoms with van der Waals surface area (Å²) in [7, 11) is 0. The van der Waals surface area contributed by atoms with Crippen molar-refractivity contribution in [1.29, 1.82) is 0 Å². The van der Waals surface area contributed by atoms with Crippen LogP contribution in [-0.4, -0.2) is 69.9 Å². The largest absolute Gasteiger partial charge is 0.388 e. The maximum atomic E-state index is 13.5. The highest BCUT2D eigenvalue weighted by Crippen LogP contribution is 2.34. The van der Waals surface area contributed by atoms with Crippen molar-refractivity contribution in [3.63, 3.8) is 0 Å². The molecule has 4 heterocycles. The Kier molecular flexibility index (Phi) is 6.61. The molecule has 2 aliphatic heterocycles. The van der Waals surface area contributed by atoms with Gasteiger partial charge < -0.3 is 25.5 Å². The molecule has 2 saturated heterocycles. The van der Waals surface area contributed by atoms with E-state index < -0.39 is 11.6 Å². The molecule has 2 fully saturated rings. The van der Waals surface area contributed by atoms with Gasteiger partial charge in [0.15, 0.2) is 28.0 Å². The van der Waals surface area contributed by atoms with Crippen molar-refractivity contribution in [2.75, 3.05) is 54.4 Å². The van der Waals surface area contributed by atoms with E-state index in [4.69, 9.17) is 26.6 Å². The minimum Gasteiger partial charge on any atom is -0.388 e. The summed E-state index contributed by atoms with van der Waals surface area (Å²) in [6.45, 7) is 8.49. The Bertz CT molecular complexity index is 1190. The van der Waals surface area contributed by atoms with Crippen LogP contribution in [0.4, 0.5) is 22.0 Å². The van der Waals surface area contributed by atoms with E-state index in [1.165, 1.54) is 12.1 Å². The van der Waals surface area contributed by atoms with Crippen LogP contribution in [0, 0.1) is 5.82 Å². The number of piperazine rings is 1. The van der Waals surface area contributed by atoms with Crippen molar-refractivity contribution in [1.82, 2.24) is 25.3 Å². The lowest BCUT2D eigenvalue weighted by atomic mass is 9.92. The summed E-state index contributed by atoms with van der Waals surface area (Å²) >= 11 is 6.61. The molecule has 35 heavy (non-hydrogen) atoms. The third-order valence-electron chi connectivity index (χ3n) is 6.45. The van der Waals surface area contributed by atoms with E-state index in [9.17, 15) is 9.50 Å². The molecule has 0 spiro atoms. The SMILES string of the molecule is CC(C)(O)[C@@H](Nc1nc2nc(N3CCNCC3)nc(N3CCCC3)c2nc1Cl)c1ccc(F)cc1. The maximum absolute atomic E-state index is 13.5. The number of hydrogen-bond acceptors (Lipinski definition) is 9. The zero-order valence-electron chi connectivity index (χ0n) is 19.9. The van der Waals surface area contributed by atoms with Crippen LogP contribution in [0.3, 0.4) is 0 Å². The second kappa shape index (κ2) is 9.67. The first-order chi connectivity index (χ1) is 16.8. The Labute approximate surface area is 208 Å². The number of hydrogen-bond donors (Lipinski definition) is 3. The van der Waals surface area contributed by atoms with E-state index in [1.54, 1.807) is 26.0 Å². The van der Waals surface area contributed by atoms with Gasteiger partial charge in [0, 0.05) is 39.3 Å². The number of anilines is 3. The second-order valence-corrected chi connectivity index (χ2v) is 9.95. The van der Waals surface area contributed by atoms with Crippen LogP contribution in [0.2, 0.25) is 5.15 Å². The van der Waals surface area contributed by atoms with Crippen LogP contribution in [0.15, 0.2) is 24.3 Å². The number of benzene rings is 1. The third kappa shape index (κ3) is 5.10. The molecular formula is C24H30ClFN8O. The lowest BCUT2D eigenvalue weighted by Gasteiger charge is -2.31. The van der Waals surface area contributed by atoms with E-state index in [-0.39, 0.29) is 11.0 Å². The normalized spacial score (nSPS) is 17.7. The summed E-state index contributed by atoms with van der Waals surface area (Å²) in [4.78, 5) is 23.4. The molecule has 0 unspecified atom stereocenters. The molecule has 0 amide bonds. The fraction of sp³-hybridized carbons (Fsp3) is 0.500. The summed E-state index contributed by atoms with van der Waals surface area (Å²) in [6, 6.07) is 5.37. The first-order valence-corrected chi connectivity index (χ1v) is 12.4. The molecule has 1 atom stereocenters. The number of aliphatic hydroxyl groups is 1. The zero-order valence-corrected chi connectivity index (χ0v) is 20.7. The number of nitrogens with zero attached hydrogens (tertiary/aromatic N) is 6. The summed E-state index contributed by atoms with van der Waals surface area (Å²) in [6.07, 6.45) is 2.19. The molecule has 3 N–H and O–H groups in total. The van der Waals surface area contributed by atoms with Gasteiger partial charge in [-0.25, -0.2) is 14.4 Å². The highest BCUT2D eigenvalue weighted by molar-refractivity contribution is 6.32. The van der Waals surface area contributed by atoms with Crippen LogP contribution in [0.25, 0.3) is 11.2 Å². The van der Waals surface area contributed by atoms with Gasteiger partial charge in [0.25, 0.3) is 0 Å². The lowest BCUT2D eigenvalue weighted by Crippen LogP contribution is -2.44. The Morgan fingerprint density at radius 1 is 1.00 bits per heavy atom. The van der Waals surface area contributed by atoms with Gasteiger partial charge in [0.1, 0.15) is 5.82 Å². The van der Waals surface area contributed by atoms with Gasteiger partial charge in [-0.3, -0.25) is 0 Å². The fourth-order valence-electron chi connectivity index (χ4n) is 4.61. The van der Waals surface area contributed by atoms with E-state index in [0.29, 0.717) is 28.5 Å². The van der Waals surface area contributed by atoms with Crippen LogP contribution < -0.4 is 20.4 Å². The first kappa shape index (κ1) is 23.9. The monoisotopic (exact) mass is 500 g/mol. The molecular weight excluding hydrogens is 471 g/mol. The molecule has 9 nitrogen and oxygen atoms in total. The van der Waals surface area contributed by atoms with Gasteiger partial charge in [0.2, 0.25) is 5.95 Å². The van der Waals surface area contributed by atoms with Crippen molar-refractivity contribution in [2.24, 2.45) is 0 Å². The van der Waals surface area contributed by atoms with Gasteiger partial charge in [-0.15, -0.1) is 0 Å². The topological polar surface area (TPSA) is 102 Å². The van der Waals surface area contributed by atoms with E-state index in [2.05, 4.69) is 25.4 Å². The molecule has 1 aromatic carbocycles. The molecule has 0 aliphatic carbocycles. The Morgan fingerprint density at radius 2 is 1.69 bits per heavy atom. The van der Waals surface area contributed by atoms with E-state index in [0.717, 1.165) is 57.9 Å². The van der Waals surface area contributed by atoms with Crippen molar-refractivity contribution in [3.05, 3.63) is 40.8 Å². The van der Waals surface area contributed by atoms with Crippen molar-refractivity contribution in [3.8, 4) is 0 Å². The van der Waals surface area contributed by atoms with Crippen LogP contribution >= 0.6 is 11.6 Å². The summed E-state index contributed by atoms with van der Waals surface area (Å²) in [5, 5.41) is 17.6. The van der Waals surface area contributed by atoms with Gasteiger partial charge in [0.05, 0.1) is 11.6 Å². The quantitative estimate of drug-likeness (QED) is 0.471. The summed E-state index contributed by atoms with van der Waals surface area (Å²) < 4.78 is 13.5. The lowest BCUT2D eigenvalue weighted by molar-refractivity contribution is 0.0587. The number of fused-ring (bicyclic) bond motifs is 1. The molecule has 186 valence electrons. The average molecular weight is 501 g/mol. The van der Waals surface area contributed by atoms with Crippen LogP contribution in [-0.2, 0) is 0 Å². The predicted molar refractivity (Wildman–Crippen MR) is 136 cm³/mol. The third-order valence-corrected chi connectivity index (χ3v) is 6.72. The van der Waals surface area contributed by atoms with Crippen molar-refractivity contribution in [2.45, 2.75) is 38.3 Å². The average Bonchev–Trinajstić information content (AvgIpc) is 3.37. The van der Waals surface area contributed by atoms with E-state index >= 15 is 0 Å². The maximum Gasteiger partial charge on any atom is 0.229 e. The predicted octanol–water partition coefficient (Wildman–Crippen LogP) is 3.15. The number of nitrogens with one attached hydrogen (secondary N) is 2. The Balaban J connectivity index is 1.58. The van der Waals surface area contributed by atoms with Crippen molar-refractivity contribution < 1.29 is 9.50 Å². The van der Waals surface area contributed by atoms with E-state index in [1.807, 2.05) is 0 Å². The molecule has 2 aromatic heterocycles. The molecule has 11 heteroatoms. The molecule has 0 saturated carbocycles. The number of halogens is 2. The molecule has 3 aromatic rings. The van der Waals surface area contributed by atoms with Gasteiger partial charge in [-0.2, -0.15) is 9.97 Å². The fourth-order valence-corrected chi connectivity index (χ4v) is 4.79. The van der Waals surface area contributed by atoms with Crippen LogP contribution in [0.5, 0.6) is 0 Å². The highest BCUT2D eigenvalue weighted by atomic mass is 35.5. The minimum absolute atomic E-state index is 0.160. The summed E-state index contributed by atoms with van der Waals surface area (Å²) in [5.74, 6) is 1.33. The first-order valence-electron chi connectivity index (χ1n) is 12.0. The Morgan fingerprint density at radius 3 is 2.34 bits per heavy atom. The molecule has 5 rings (SSSR count). The second-order valence-electron chi connectivity index (χ2n) is 9.60. The van der Waals surface area contributed by atoms with Gasteiger partial charge in [-0.05, 0) is 44.4 Å². The summed E-state index contributed by atoms with van der Waals surface area (Å²) in [5.41, 5.74) is 0.494. The molecule has 0 bridgehead atoms. The molecule has 2 aliphatic rings. The Hall–Kier alpha value is -2.82. The standard InChI is InChI=1S/C24H30ClFN8O/c1-24(2,35)18(15-5-7-16(26)8-6-15)29-21-19(25)28-17-20(30-21)31-23(34-13-9-27-10-14-34)32-22(17)33-11-3-4-12-33/h5-8,18,27,35H,3-4,9-14H2,1-2H3,(H,29,30,31,32)/t18-/m0/s1. The zero-order chi connectivity index (χ0) is 24.6. The van der Waals surface area contributed by atoms with Gasteiger partial charge in [-0.1, -0.05) is 23.7 Å². The smallest absolute Gasteiger partial charge is 0.229 e. The van der Waals surface area contributed by atoms with Gasteiger partial charge >= 0.3 is 0 Å². The number of aromatic nitrogens is 4. The number of rotatable bonds is 6. The van der Waals surface area contributed by atoms with Crippen molar-refractivity contribution >= 4 is 40.3 Å². The highest BCUT2D eigenvalue weighted by Gasteiger charge is 2.31. The molecule has 0 radical (unpaired) electrons.